The fourth-order valence-electron chi connectivity index (χ4n) is 3.70. The second-order valence-electron chi connectivity index (χ2n) is 8.33. The molecule has 2 aromatic carbocycles. The summed E-state index contributed by atoms with van der Waals surface area (Å²) in [5.74, 6) is 0.340. The Labute approximate surface area is 209 Å². The molecule has 0 saturated heterocycles. The molecule has 0 heterocycles. The fourth-order valence-corrected chi connectivity index (χ4v) is 4.93. The van der Waals surface area contributed by atoms with Gasteiger partial charge < -0.3 is 15.0 Å². The molecule has 192 valence electrons. The minimum atomic E-state index is -3.62. The number of amides is 2. The van der Waals surface area contributed by atoms with E-state index in [1.807, 2.05) is 38.1 Å². The molecule has 8 nitrogen and oxygen atoms in total. The molecule has 35 heavy (non-hydrogen) atoms. The van der Waals surface area contributed by atoms with Crippen LogP contribution in [0.1, 0.15) is 45.1 Å². The number of hydrogen-bond donors (Lipinski definition) is 1. The number of benzene rings is 2. The Morgan fingerprint density at radius 1 is 1.03 bits per heavy atom. The molecule has 2 aromatic rings. The van der Waals surface area contributed by atoms with Gasteiger partial charge in [0, 0.05) is 33.1 Å². The van der Waals surface area contributed by atoms with Gasteiger partial charge in [0.25, 0.3) is 0 Å². The smallest absolute Gasteiger partial charge is 0.242 e. The third kappa shape index (κ3) is 8.07. The fraction of sp³-hybridized carbons (Fsp3) is 0.462. The van der Waals surface area contributed by atoms with Gasteiger partial charge in [-0.15, -0.1) is 0 Å². The molecule has 2 amide bonds. The van der Waals surface area contributed by atoms with Crippen LogP contribution in [0.25, 0.3) is 0 Å². The van der Waals surface area contributed by atoms with Crippen LogP contribution in [-0.2, 0) is 26.2 Å². The summed E-state index contributed by atoms with van der Waals surface area (Å²) in [6.07, 6.45) is 1.74. The molecule has 0 saturated carbocycles. The van der Waals surface area contributed by atoms with E-state index in [4.69, 9.17) is 4.74 Å². The molecule has 2 rings (SSSR count). The molecule has 0 fully saturated rings. The van der Waals surface area contributed by atoms with Gasteiger partial charge in [0.15, 0.2) is 0 Å². The van der Waals surface area contributed by atoms with E-state index in [0.717, 1.165) is 12.0 Å². The zero-order chi connectivity index (χ0) is 25.8. The van der Waals surface area contributed by atoms with E-state index in [-0.39, 0.29) is 36.2 Å². The molecule has 0 spiro atoms. The quantitative estimate of drug-likeness (QED) is 0.426. The zero-order valence-corrected chi connectivity index (χ0v) is 21.9. The lowest BCUT2D eigenvalue weighted by Gasteiger charge is -2.31. The van der Waals surface area contributed by atoms with Crippen LogP contribution in [0.4, 0.5) is 0 Å². The number of rotatable bonds is 14. The van der Waals surface area contributed by atoms with E-state index in [0.29, 0.717) is 25.1 Å². The molecule has 1 atom stereocenters. The Hall–Kier alpha value is -2.91. The van der Waals surface area contributed by atoms with E-state index < -0.39 is 16.1 Å². The van der Waals surface area contributed by atoms with Crippen LogP contribution in [0.15, 0.2) is 59.5 Å². The van der Waals surface area contributed by atoms with Crippen molar-refractivity contribution in [1.29, 1.82) is 0 Å². The summed E-state index contributed by atoms with van der Waals surface area (Å²) in [4.78, 5) is 27.9. The lowest BCUT2D eigenvalue weighted by molar-refractivity contribution is -0.141. The first kappa shape index (κ1) is 28.3. The number of hydrogen-bond acceptors (Lipinski definition) is 5. The number of carbonyl (C=O) groups is 2. The maximum atomic E-state index is 13.3. The molecular formula is C26H37N3O5S. The van der Waals surface area contributed by atoms with Gasteiger partial charge in [-0.3, -0.25) is 9.59 Å². The monoisotopic (exact) mass is 503 g/mol. The third-order valence-electron chi connectivity index (χ3n) is 5.76. The lowest BCUT2D eigenvalue weighted by Crippen LogP contribution is -2.49. The Morgan fingerprint density at radius 3 is 2.26 bits per heavy atom. The van der Waals surface area contributed by atoms with Crippen LogP contribution >= 0.6 is 0 Å². The molecule has 0 aliphatic carbocycles. The third-order valence-corrected chi connectivity index (χ3v) is 7.63. The highest BCUT2D eigenvalue weighted by Gasteiger charge is 2.28. The number of sulfonamides is 1. The Morgan fingerprint density at radius 2 is 1.69 bits per heavy atom. The predicted molar refractivity (Wildman–Crippen MR) is 136 cm³/mol. The molecule has 0 bridgehead atoms. The van der Waals surface area contributed by atoms with Crippen molar-refractivity contribution in [3.8, 4) is 5.75 Å². The van der Waals surface area contributed by atoms with Gasteiger partial charge in [0.05, 0.1) is 12.0 Å². The van der Waals surface area contributed by atoms with Gasteiger partial charge in [0.1, 0.15) is 11.8 Å². The molecule has 0 aliphatic rings. The van der Waals surface area contributed by atoms with Gasteiger partial charge in [-0.05, 0) is 49.1 Å². The van der Waals surface area contributed by atoms with Crippen LogP contribution in [0.3, 0.4) is 0 Å². The lowest BCUT2D eigenvalue weighted by atomic mass is 10.1. The number of ether oxygens (including phenoxy) is 1. The first-order chi connectivity index (χ1) is 16.7. The SMILES string of the molecule is CCCNC(=O)C(CC)N(Cc1ccc(OC)cc1)C(=O)CCCN(C)S(=O)(=O)c1ccccc1. The Bertz CT molecular complexity index is 1040. The van der Waals surface area contributed by atoms with Crippen LogP contribution < -0.4 is 10.1 Å². The standard InChI is InChI=1S/C26H37N3O5S/c1-5-18-27-26(31)24(6-2)29(20-21-14-16-22(34-4)17-15-21)25(30)13-10-19-28(3)35(32,33)23-11-8-7-9-12-23/h7-9,11-12,14-17,24H,5-6,10,13,18-20H2,1-4H3,(H,27,31). The van der Waals surface area contributed by atoms with Crippen LogP contribution in [-0.4, -0.2) is 62.7 Å². The molecule has 0 radical (unpaired) electrons. The van der Waals surface area contributed by atoms with E-state index in [1.165, 1.54) is 11.4 Å². The van der Waals surface area contributed by atoms with E-state index in [2.05, 4.69) is 5.32 Å². The Balaban J connectivity index is 2.12. The van der Waals surface area contributed by atoms with Crippen LogP contribution in [0, 0.1) is 0 Å². The van der Waals surface area contributed by atoms with Gasteiger partial charge in [-0.2, -0.15) is 0 Å². The van der Waals surface area contributed by atoms with Gasteiger partial charge >= 0.3 is 0 Å². The summed E-state index contributed by atoms with van der Waals surface area (Å²) in [6.45, 7) is 4.87. The van der Waals surface area contributed by atoms with Crippen molar-refractivity contribution in [3.63, 3.8) is 0 Å². The second-order valence-corrected chi connectivity index (χ2v) is 10.4. The Kier molecular flexibility index (Phi) is 11.2. The van der Waals surface area contributed by atoms with E-state index >= 15 is 0 Å². The molecule has 1 N–H and O–H groups in total. The van der Waals surface area contributed by atoms with Crippen molar-refractivity contribution >= 4 is 21.8 Å². The number of nitrogens with zero attached hydrogens (tertiary/aromatic N) is 2. The molecule has 0 aliphatic heterocycles. The summed E-state index contributed by atoms with van der Waals surface area (Å²) >= 11 is 0. The van der Waals surface area contributed by atoms with Crippen molar-refractivity contribution in [2.75, 3.05) is 27.2 Å². The summed E-state index contributed by atoms with van der Waals surface area (Å²) in [5.41, 5.74) is 0.879. The van der Waals surface area contributed by atoms with Crippen molar-refractivity contribution in [2.45, 2.75) is 57.0 Å². The average Bonchev–Trinajstić information content (AvgIpc) is 2.87. The van der Waals surface area contributed by atoms with Crippen molar-refractivity contribution in [2.24, 2.45) is 0 Å². The summed E-state index contributed by atoms with van der Waals surface area (Å²) in [5, 5.41) is 2.89. The second kappa shape index (κ2) is 13.8. The van der Waals surface area contributed by atoms with Crippen molar-refractivity contribution in [1.82, 2.24) is 14.5 Å². The van der Waals surface area contributed by atoms with E-state index in [9.17, 15) is 18.0 Å². The summed E-state index contributed by atoms with van der Waals surface area (Å²) in [7, 11) is -0.527. The van der Waals surface area contributed by atoms with Gasteiger partial charge in [-0.25, -0.2) is 12.7 Å². The maximum absolute atomic E-state index is 13.3. The average molecular weight is 504 g/mol. The summed E-state index contributed by atoms with van der Waals surface area (Å²) < 4.78 is 32.0. The number of carbonyl (C=O) groups excluding carboxylic acids is 2. The highest BCUT2D eigenvalue weighted by Crippen LogP contribution is 2.18. The predicted octanol–water partition coefficient (Wildman–Crippen LogP) is 3.43. The molecule has 9 heteroatoms. The summed E-state index contributed by atoms with van der Waals surface area (Å²) in [6, 6.07) is 15.0. The van der Waals surface area contributed by atoms with Gasteiger partial charge in [-0.1, -0.05) is 44.2 Å². The van der Waals surface area contributed by atoms with E-state index in [1.54, 1.807) is 42.3 Å². The van der Waals surface area contributed by atoms with Crippen LogP contribution in [0.5, 0.6) is 5.75 Å². The number of methoxy groups -OCH3 is 1. The topological polar surface area (TPSA) is 96.0 Å². The van der Waals surface area contributed by atoms with Gasteiger partial charge in [0.2, 0.25) is 21.8 Å². The highest BCUT2D eigenvalue weighted by atomic mass is 32.2. The molecule has 1 unspecified atom stereocenters. The highest BCUT2D eigenvalue weighted by molar-refractivity contribution is 7.89. The largest absolute Gasteiger partial charge is 0.497 e. The normalized spacial score (nSPS) is 12.3. The zero-order valence-electron chi connectivity index (χ0n) is 21.1. The molecule has 0 aromatic heterocycles. The van der Waals surface area contributed by atoms with Crippen molar-refractivity contribution < 1.29 is 22.7 Å². The van der Waals surface area contributed by atoms with Crippen LogP contribution in [0.2, 0.25) is 0 Å². The first-order valence-electron chi connectivity index (χ1n) is 12.0. The van der Waals surface area contributed by atoms with Crippen molar-refractivity contribution in [3.05, 3.63) is 60.2 Å². The molecular weight excluding hydrogens is 466 g/mol. The minimum Gasteiger partial charge on any atom is -0.497 e. The first-order valence-corrected chi connectivity index (χ1v) is 13.4. The number of nitrogens with one attached hydrogen (secondary N) is 1. The minimum absolute atomic E-state index is 0.127. The maximum Gasteiger partial charge on any atom is 0.242 e.